The van der Waals surface area contributed by atoms with Crippen LogP contribution in [0.4, 0.5) is 9.59 Å². The van der Waals surface area contributed by atoms with E-state index < -0.39 is 20.5 Å². The minimum Gasteiger partial charge on any atom is -0.445 e. The van der Waals surface area contributed by atoms with E-state index in [2.05, 4.69) is 16.7 Å². The Balaban J connectivity index is 1.31. The molecule has 13 heteroatoms. The Morgan fingerprint density at radius 2 is 1.75 bits per heavy atom. The fourth-order valence-electron chi connectivity index (χ4n) is 4.45. The van der Waals surface area contributed by atoms with E-state index >= 15 is 0 Å². The highest BCUT2D eigenvalue weighted by Crippen LogP contribution is 2.25. The van der Waals surface area contributed by atoms with Crippen molar-refractivity contribution in [2.24, 2.45) is 0 Å². The number of hydrogen-bond acceptors (Lipinski definition) is 8. The lowest BCUT2D eigenvalue weighted by molar-refractivity contribution is -0.131. The van der Waals surface area contributed by atoms with Crippen LogP contribution in [0.1, 0.15) is 35.7 Å². The molecule has 2 N–H and O–H groups in total. The maximum atomic E-state index is 12.9. The summed E-state index contributed by atoms with van der Waals surface area (Å²) in [6, 6.07) is 8.81. The van der Waals surface area contributed by atoms with Gasteiger partial charge < -0.3 is 19.4 Å². The molecule has 4 rings (SSSR count). The van der Waals surface area contributed by atoms with E-state index in [0.717, 1.165) is 30.5 Å². The molecule has 3 amide bonds. The van der Waals surface area contributed by atoms with Crippen LogP contribution in [-0.4, -0.2) is 102 Å². The number of rotatable bonds is 7. The standard InChI is InChI=1S/C27H33N5O7S/c1-27(24(33)28-36,40(3,37)38)10-11-31-18-23-16-22(17-32(23)25(31)34)9-6-20-4-7-21(8-5-20)19-39-26(35)30-14-12-29(2)13-15-30/h4-5,7-8,16-17,36H,10-15,18-19H2,1-3H3,(H,28,33). The summed E-state index contributed by atoms with van der Waals surface area (Å²) in [4.78, 5) is 42.4. The number of amides is 3. The van der Waals surface area contributed by atoms with Crippen LogP contribution in [0, 0.1) is 11.8 Å². The molecule has 3 heterocycles. The Bertz CT molecular complexity index is 1450. The third-order valence-electron chi connectivity index (χ3n) is 7.42. The molecular formula is C27H33N5O7S. The number of hydroxylamine groups is 1. The van der Waals surface area contributed by atoms with Crippen LogP contribution in [0.5, 0.6) is 0 Å². The topological polar surface area (TPSA) is 141 Å². The lowest BCUT2D eigenvalue weighted by Gasteiger charge is -2.31. The monoisotopic (exact) mass is 571 g/mol. The Kier molecular flexibility index (Phi) is 8.53. The van der Waals surface area contributed by atoms with Crippen molar-refractivity contribution < 1.29 is 32.7 Å². The van der Waals surface area contributed by atoms with E-state index in [1.54, 1.807) is 17.2 Å². The highest BCUT2D eigenvalue weighted by molar-refractivity contribution is 7.92. The maximum Gasteiger partial charge on any atom is 0.410 e. The SMILES string of the molecule is CN1CCN(C(=O)OCc2ccc(C#Cc3cc4n(c3)C(=O)N(CCC(C)(C(=O)NO)S(C)(=O)=O)C4)cc2)CC1. The highest BCUT2D eigenvalue weighted by atomic mass is 32.2. The predicted octanol–water partition coefficient (Wildman–Crippen LogP) is 1.25. The molecule has 214 valence electrons. The smallest absolute Gasteiger partial charge is 0.410 e. The summed E-state index contributed by atoms with van der Waals surface area (Å²) in [7, 11) is -1.83. The van der Waals surface area contributed by atoms with E-state index in [-0.39, 0.29) is 38.2 Å². The molecule has 40 heavy (non-hydrogen) atoms. The molecule has 1 aromatic carbocycles. The first-order valence-electron chi connectivity index (χ1n) is 12.8. The second kappa shape index (κ2) is 11.7. The number of nitrogens with one attached hydrogen (secondary N) is 1. The Morgan fingerprint density at radius 3 is 2.35 bits per heavy atom. The van der Waals surface area contributed by atoms with Crippen molar-refractivity contribution in [2.75, 3.05) is 46.0 Å². The quantitative estimate of drug-likeness (QED) is 0.287. The molecule has 1 unspecified atom stereocenters. The molecular weight excluding hydrogens is 538 g/mol. The van der Waals surface area contributed by atoms with E-state index in [0.29, 0.717) is 24.3 Å². The van der Waals surface area contributed by atoms with Crippen molar-refractivity contribution in [2.45, 2.75) is 31.2 Å². The molecule has 0 bridgehead atoms. The van der Waals surface area contributed by atoms with Gasteiger partial charge in [-0.05, 0) is 44.2 Å². The largest absolute Gasteiger partial charge is 0.445 e. The molecule has 1 saturated heterocycles. The summed E-state index contributed by atoms with van der Waals surface area (Å²) < 4.78 is 29.3. The van der Waals surface area contributed by atoms with E-state index in [1.165, 1.54) is 21.9 Å². The molecule has 1 atom stereocenters. The molecule has 1 fully saturated rings. The van der Waals surface area contributed by atoms with Gasteiger partial charge in [-0.15, -0.1) is 0 Å². The van der Waals surface area contributed by atoms with Gasteiger partial charge in [-0.2, -0.15) is 0 Å². The molecule has 0 spiro atoms. The first-order valence-corrected chi connectivity index (χ1v) is 14.7. The molecule has 2 aliphatic rings. The normalized spacial score (nSPS) is 17.1. The van der Waals surface area contributed by atoms with Crippen LogP contribution in [0.25, 0.3) is 0 Å². The Hall–Kier alpha value is -3.86. The number of carbonyl (C=O) groups excluding carboxylic acids is 3. The molecule has 2 aromatic rings. The zero-order valence-electron chi connectivity index (χ0n) is 22.7. The number of likely N-dealkylation sites (N-methyl/N-ethyl adjacent to an activating group) is 1. The summed E-state index contributed by atoms with van der Waals surface area (Å²) in [5, 5.41) is 8.98. The third-order valence-corrected chi connectivity index (χ3v) is 9.44. The molecule has 2 aliphatic heterocycles. The number of nitrogens with zero attached hydrogens (tertiary/aromatic N) is 4. The Morgan fingerprint density at radius 1 is 1.10 bits per heavy atom. The highest BCUT2D eigenvalue weighted by Gasteiger charge is 2.44. The molecule has 0 saturated carbocycles. The second-order valence-corrected chi connectivity index (χ2v) is 12.7. The van der Waals surface area contributed by atoms with E-state index in [9.17, 15) is 22.8 Å². The van der Waals surface area contributed by atoms with E-state index in [4.69, 9.17) is 9.94 Å². The van der Waals surface area contributed by atoms with E-state index in [1.807, 2.05) is 31.3 Å². The van der Waals surface area contributed by atoms with Gasteiger partial charge in [0.25, 0.3) is 5.91 Å². The van der Waals surface area contributed by atoms with Crippen LogP contribution >= 0.6 is 0 Å². The van der Waals surface area contributed by atoms with Gasteiger partial charge in [0, 0.05) is 62.0 Å². The molecule has 0 aliphatic carbocycles. The van der Waals surface area contributed by atoms with Crippen molar-refractivity contribution in [3.63, 3.8) is 0 Å². The van der Waals surface area contributed by atoms with Crippen molar-refractivity contribution >= 4 is 27.9 Å². The summed E-state index contributed by atoms with van der Waals surface area (Å²) in [6.45, 7) is 4.62. The summed E-state index contributed by atoms with van der Waals surface area (Å²) in [5.74, 6) is 5.06. The zero-order valence-corrected chi connectivity index (χ0v) is 23.5. The van der Waals surface area contributed by atoms with Gasteiger partial charge in [0.05, 0.1) is 6.54 Å². The fourth-order valence-corrected chi connectivity index (χ4v) is 5.30. The number of ether oxygens (including phenoxy) is 1. The minimum atomic E-state index is -3.86. The van der Waals surface area contributed by atoms with Crippen LogP contribution in [-0.2, 0) is 32.5 Å². The number of carbonyl (C=O) groups is 3. The number of hydrogen-bond donors (Lipinski definition) is 2. The van der Waals surface area contributed by atoms with Gasteiger partial charge in [-0.1, -0.05) is 24.0 Å². The van der Waals surface area contributed by atoms with Crippen molar-refractivity contribution in [3.8, 4) is 11.8 Å². The summed E-state index contributed by atoms with van der Waals surface area (Å²) in [5.41, 5.74) is 4.36. The molecule has 1 aromatic heterocycles. The van der Waals surface area contributed by atoms with Crippen LogP contribution < -0.4 is 5.48 Å². The lowest BCUT2D eigenvalue weighted by Crippen LogP contribution is -2.50. The van der Waals surface area contributed by atoms with Gasteiger partial charge in [-0.3, -0.25) is 14.6 Å². The van der Waals surface area contributed by atoms with Crippen molar-refractivity contribution in [1.82, 2.24) is 24.7 Å². The van der Waals surface area contributed by atoms with Crippen molar-refractivity contribution in [1.29, 1.82) is 0 Å². The van der Waals surface area contributed by atoms with Gasteiger partial charge >= 0.3 is 12.1 Å². The Labute approximate surface area is 233 Å². The van der Waals surface area contributed by atoms with Gasteiger partial charge in [0.15, 0.2) is 14.6 Å². The molecule has 0 radical (unpaired) electrons. The predicted molar refractivity (Wildman–Crippen MR) is 145 cm³/mol. The first kappa shape index (κ1) is 29.1. The van der Waals surface area contributed by atoms with Crippen LogP contribution in [0.2, 0.25) is 0 Å². The number of piperazine rings is 1. The van der Waals surface area contributed by atoms with Gasteiger partial charge in [-0.25, -0.2) is 23.5 Å². The number of aromatic nitrogens is 1. The van der Waals surface area contributed by atoms with Crippen LogP contribution in [0.15, 0.2) is 36.5 Å². The van der Waals surface area contributed by atoms with Crippen LogP contribution in [0.3, 0.4) is 0 Å². The average molecular weight is 572 g/mol. The lowest BCUT2D eigenvalue weighted by atomic mass is 10.1. The zero-order chi connectivity index (χ0) is 29.1. The average Bonchev–Trinajstić information content (AvgIpc) is 3.46. The number of fused-ring (bicyclic) bond motifs is 1. The first-order chi connectivity index (χ1) is 18.9. The second-order valence-electron chi connectivity index (χ2n) is 10.3. The van der Waals surface area contributed by atoms with Gasteiger partial charge in [0.2, 0.25) is 0 Å². The minimum absolute atomic E-state index is 0.00947. The van der Waals surface area contributed by atoms with Gasteiger partial charge in [0.1, 0.15) is 6.61 Å². The third kappa shape index (κ3) is 6.30. The van der Waals surface area contributed by atoms with Crippen molar-refractivity contribution in [3.05, 3.63) is 58.9 Å². The summed E-state index contributed by atoms with van der Waals surface area (Å²) >= 11 is 0. The fraction of sp³-hybridized carbons (Fsp3) is 0.444. The number of sulfone groups is 1. The molecule has 12 nitrogen and oxygen atoms in total. The maximum absolute atomic E-state index is 12.9. The summed E-state index contributed by atoms with van der Waals surface area (Å²) in [6.07, 6.45) is 2.05. The number of benzene rings is 1.